The second-order valence-electron chi connectivity index (χ2n) is 4.64. The second-order valence-corrected chi connectivity index (χ2v) is 4.64. The lowest BCUT2D eigenvalue weighted by atomic mass is 10.1. The van der Waals surface area contributed by atoms with E-state index < -0.39 is 0 Å². The third-order valence-corrected chi connectivity index (χ3v) is 3.01. The highest BCUT2D eigenvalue weighted by atomic mass is 16.1. The van der Waals surface area contributed by atoms with Crippen LogP contribution in [-0.2, 0) is 13.5 Å². The first-order valence-corrected chi connectivity index (χ1v) is 6.34. The van der Waals surface area contributed by atoms with Crippen LogP contribution in [0.15, 0.2) is 53.6 Å². The van der Waals surface area contributed by atoms with Gasteiger partial charge >= 0.3 is 0 Å². The van der Waals surface area contributed by atoms with E-state index in [1.165, 1.54) is 6.07 Å². The number of H-pyrrole nitrogens is 1. The molecule has 5 nitrogen and oxygen atoms in total. The zero-order chi connectivity index (χ0) is 13.9. The summed E-state index contributed by atoms with van der Waals surface area (Å²) >= 11 is 0. The van der Waals surface area contributed by atoms with Crippen molar-refractivity contribution in [1.82, 2.24) is 19.7 Å². The average Bonchev–Trinajstić information content (AvgIpc) is 2.86. The van der Waals surface area contributed by atoms with Crippen molar-refractivity contribution in [3.8, 4) is 11.3 Å². The Morgan fingerprint density at radius 1 is 1.25 bits per heavy atom. The predicted octanol–water partition coefficient (Wildman–Crippen LogP) is 1.76. The van der Waals surface area contributed by atoms with E-state index >= 15 is 0 Å². The maximum absolute atomic E-state index is 11.8. The molecule has 0 aliphatic carbocycles. The number of hydrogen-bond acceptors (Lipinski definition) is 3. The summed E-state index contributed by atoms with van der Waals surface area (Å²) in [6.07, 6.45) is 4.15. The Labute approximate surface area is 115 Å². The predicted molar refractivity (Wildman–Crippen MR) is 76.3 cm³/mol. The maximum atomic E-state index is 11.8. The molecule has 0 aliphatic heterocycles. The van der Waals surface area contributed by atoms with Crippen molar-refractivity contribution in [3.05, 3.63) is 70.5 Å². The molecule has 5 heteroatoms. The minimum Gasteiger partial charge on any atom is -0.310 e. The van der Waals surface area contributed by atoms with Gasteiger partial charge in [0.2, 0.25) is 0 Å². The Balaban J connectivity index is 1.97. The standard InChI is InChI=1S/C15H14N4O/c1-19-10-12(9-16-19)13-8-15(20)18-14(17-13)7-11-5-3-2-4-6-11/h2-6,8-10H,7H2,1H3,(H,17,18,20). The number of benzene rings is 1. The summed E-state index contributed by atoms with van der Waals surface area (Å²) in [6.45, 7) is 0. The lowest BCUT2D eigenvalue weighted by Gasteiger charge is -2.03. The molecule has 3 aromatic rings. The van der Waals surface area contributed by atoms with Gasteiger partial charge in [-0.3, -0.25) is 9.48 Å². The minimum atomic E-state index is -0.148. The molecule has 0 bridgehead atoms. The summed E-state index contributed by atoms with van der Waals surface area (Å²) in [5, 5.41) is 4.10. The number of nitrogens with one attached hydrogen (secondary N) is 1. The van der Waals surface area contributed by atoms with E-state index in [9.17, 15) is 4.79 Å². The molecular formula is C15H14N4O. The topological polar surface area (TPSA) is 63.6 Å². The SMILES string of the molecule is Cn1cc(-c2cc(=O)[nH]c(Cc3ccccc3)n2)cn1. The summed E-state index contributed by atoms with van der Waals surface area (Å²) in [5.41, 5.74) is 2.45. The summed E-state index contributed by atoms with van der Waals surface area (Å²) < 4.78 is 1.69. The smallest absolute Gasteiger partial charge is 0.251 e. The van der Waals surface area contributed by atoms with Crippen LogP contribution in [0.25, 0.3) is 11.3 Å². The van der Waals surface area contributed by atoms with Crippen LogP contribution in [0, 0.1) is 0 Å². The van der Waals surface area contributed by atoms with E-state index in [0.29, 0.717) is 17.9 Å². The van der Waals surface area contributed by atoms with Crippen LogP contribution >= 0.6 is 0 Å². The highest BCUT2D eigenvalue weighted by Crippen LogP contribution is 2.14. The fourth-order valence-corrected chi connectivity index (χ4v) is 2.08. The molecule has 0 spiro atoms. The Kier molecular flexibility index (Phi) is 3.16. The molecule has 0 unspecified atom stereocenters. The molecule has 1 aromatic carbocycles. The first-order chi connectivity index (χ1) is 9.70. The number of nitrogens with zero attached hydrogens (tertiary/aromatic N) is 3. The molecule has 0 saturated heterocycles. The van der Waals surface area contributed by atoms with Crippen LogP contribution < -0.4 is 5.56 Å². The van der Waals surface area contributed by atoms with Crippen molar-refractivity contribution >= 4 is 0 Å². The van der Waals surface area contributed by atoms with Gasteiger partial charge in [0.25, 0.3) is 5.56 Å². The molecule has 1 N–H and O–H groups in total. The Morgan fingerprint density at radius 2 is 2.05 bits per heavy atom. The van der Waals surface area contributed by atoms with E-state index in [-0.39, 0.29) is 5.56 Å². The van der Waals surface area contributed by atoms with Gasteiger partial charge in [-0.15, -0.1) is 0 Å². The highest BCUT2D eigenvalue weighted by Gasteiger charge is 2.06. The Hall–Kier alpha value is -2.69. The number of aromatic amines is 1. The first-order valence-electron chi connectivity index (χ1n) is 6.34. The van der Waals surface area contributed by atoms with E-state index in [2.05, 4.69) is 15.1 Å². The lowest BCUT2D eigenvalue weighted by Crippen LogP contribution is -2.11. The van der Waals surface area contributed by atoms with Crippen LogP contribution in [-0.4, -0.2) is 19.7 Å². The van der Waals surface area contributed by atoms with E-state index in [0.717, 1.165) is 11.1 Å². The highest BCUT2D eigenvalue weighted by molar-refractivity contribution is 5.56. The van der Waals surface area contributed by atoms with Crippen LogP contribution in [0.5, 0.6) is 0 Å². The molecule has 0 amide bonds. The first kappa shape index (κ1) is 12.3. The van der Waals surface area contributed by atoms with Crippen molar-refractivity contribution < 1.29 is 0 Å². The third-order valence-electron chi connectivity index (χ3n) is 3.01. The van der Waals surface area contributed by atoms with Gasteiger partial charge in [0, 0.05) is 31.3 Å². The van der Waals surface area contributed by atoms with Gasteiger partial charge < -0.3 is 4.98 Å². The van der Waals surface area contributed by atoms with Gasteiger partial charge in [-0.1, -0.05) is 30.3 Å². The zero-order valence-electron chi connectivity index (χ0n) is 11.1. The van der Waals surface area contributed by atoms with Crippen LogP contribution in [0.4, 0.5) is 0 Å². The fraction of sp³-hybridized carbons (Fsp3) is 0.133. The molecule has 0 radical (unpaired) electrons. The fourth-order valence-electron chi connectivity index (χ4n) is 2.08. The second kappa shape index (κ2) is 5.13. The van der Waals surface area contributed by atoms with Crippen molar-refractivity contribution in [2.45, 2.75) is 6.42 Å². The Bertz CT molecular complexity index is 774. The molecule has 0 fully saturated rings. The number of hydrogen-bond donors (Lipinski definition) is 1. The molecular weight excluding hydrogens is 252 g/mol. The van der Waals surface area contributed by atoms with Gasteiger partial charge in [0.15, 0.2) is 0 Å². The van der Waals surface area contributed by atoms with Gasteiger partial charge in [-0.25, -0.2) is 4.98 Å². The summed E-state index contributed by atoms with van der Waals surface area (Å²) in [6, 6.07) is 11.4. The number of aromatic nitrogens is 4. The van der Waals surface area contributed by atoms with Crippen LogP contribution in [0.1, 0.15) is 11.4 Å². The third kappa shape index (κ3) is 2.66. The normalized spacial score (nSPS) is 10.7. The van der Waals surface area contributed by atoms with E-state index in [4.69, 9.17) is 0 Å². The van der Waals surface area contributed by atoms with Crippen LogP contribution in [0.3, 0.4) is 0 Å². The largest absolute Gasteiger partial charge is 0.310 e. The zero-order valence-corrected chi connectivity index (χ0v) is 11.1. The summed E-state index contributed by atoms with van der Waals surface area (Å²) in [4.78, 5) is 19.0. The van der Waals surface area contributed by atoms with Crippen molar-refractivity contribution in [2.24, 2.45) is 7.05 Å². The van der Waals surface area contributed by atoms with Crippen LogP contribution in [0.2, 0.25) is 0 Å². The molecule has 2 aromatic heterocycles. The quantitative estimate of drug-likeness (QED) is 0.785. The molecule has 0 saturated carbocycles. The molecule has 3 rings (SSSR count). The van der Waals surface area contributed by atoms with E-state index in [1.807, 2.05) is 43.6 Å². The maximum Gasteiger partial charge on any atom is 0.251 e. The molecule has 2 heterocycles. The van der Waals surface area contributed by atoms with Crippen molar-refractivity contribution in [1.29, 1.82) is 0 Å². The van der Waals surface area contributed by atoms with Gasteiger partial charge in [0.1, 0.15) is 5.82 Å². The molecule has 0 aliphatic rings. The summed E-state index contributed by atoms with van der Waals surface area (Å²) in [5.74, 6) is 0.655. The molecule has 0 atom stereocenters. The van der Waals surface area contributed by atoms with Gasteiger partial charge in [-0.05, 0) is 5.56 Å². The van der Waals surface area contributed by atoms with E-state index in [1.54, 1.807) is 10.9 Å². The average molecular weight is 266 g/mol. The van der Waals surface area contributed by atoms with Gasteiger partial charge in [-0.2, -0.15) is 5.10 Å². The van der Waals surface area contributed by atoms with Crippen molar-refractivity contribution in [2.75, 3.05) is 0 Å². The van der Waals surface area contributed by atoms with Gasteiger partial charge in [0.05, 0.1) is 11.9 Å². The number of aryl methyl sites for hydroxylation is 1. The molecule has 100 valence electrons. The van der Waals surface area contributed by atoms with Crippen molar-refractivity contribution in [3.63, 3.8) is 0 Å². The lowest BCUT2D eigenvalue weighted by molar-refractivity contribution is 0.768. The molecule has 20 heavy (non-hydrogen) atoms. The Morgan fingerprint density at radius 3 is 2.75 bits per heavy atom. The minimum absolute atomic E-state index is 0.148. The monoisotopic (exact) mass is 266 g/mol. The summed E-state index contributed by atoms with van der Waals surface area (Å²) in [7, 11) is 1.83. The number of rotatable bonds is 3.